The van der Waals surface area contributed by atoms with E-state index in [9.17, 15) is 28.0 Å². The highest BCUT2D eigenvalue weighted by molar-refractivity contribution is 7.99. The number of pyridine rings is 1. The molecule has 2 rings (SSSR count). The molecular weight excluding hydrogens is 387 g/mol. The van der Waals surface area contributed by atoms with E-state index in [0.717, 1.165) is 6.07 Å². The van der Waals surface area contributed by atoms with Crippen LogP contribution < -0.4 is 5.69 Å². The van der Waals surface area contributed by atoms with Gasteiger partial charge in [-0.1, -0.05) is 0 Å². The van der Waals surface area contributed by atoms with Gasteiger partial charge in [-0.05, 0) is 38.6 Å². The molecule has 27 heavy (non-hydrogen) atoms. The summed E-state index contributed by atoms with van der Waals surface area (Å²) < 4.78 is 46.0. The predicted octanol–water partition coefficient (Wildman–Crippen LogP) is 2.77. The second kappa shape index (κ2) is 7.83. The van der Waals surface area contributed by atoms with Gasteiger partial charge in [-0.25, -0.2) is 19.7 Å². The van der Waals surface area contributed by atoms with Crippen molar-refractivity contribution >= 4 is 17.7 Å². The van der Waals surface area contributed by atoms with Gasteiger partial charge in [-0.15, -0.1) is 5.10 Å². The Balaban J connectivity index is 2.63. The zero-order chi connectivity index (χ0) is 20.4. The molecule has 8 nitrogen and oxygen atoms in total. The Hall–Kier alpha value is -2.81. The maximum absolute atomic E-state index is 13.4. The van der Waals surface area contributed by atoms with Crippen molar-refractivity contribution in [2.24, 2.45) is 0 Å². The molecule has 0 fully saturated rings. The van der Waals surface area contributed by atoms with E-state index in [1.165, 1.54) is 11.5 Å². The number of nitrogens with one attached hydrogen (secondary N) is 1. The van der Waals surface area contributed by atoms with Crippen molar-refractivity contribution in [3.63, 3.8) is 0 Å². The van der Waals surface area contributed by atoms with Crippen LogP contribution in [0.1, 0.15) is 48.4 Å². The number of H-pyrrole nitrogens is 1. The first kappa shape index (κ1) is 20.5. The van der Waals surface area contributed by atoms with Crippen LogP contribution in [0.5, 0.6) is 0 Å². The molecule has 0 bridgehead atoms. The van der Waals surface area contributed by atoms with E-state index in [0.29, 0.717) is 11.8 Å². The average molecular weight is 401 g/mol. The fourth-order valence-electron chi connectivity index (χ4n) is 2.14. The molecule has 0 saturated carbocycles. The maximum atomic E-state index is 13.4. The predicted molar refractivity (Wildman–Crippen MR) is 87.3 cm³/mol. The fraction of sp³-hybridized carbons (Fsp3) is 0.400. The Morgan fingerprint density at radius 2 is 2.15 bits per heavy atom. The topological polar surface area (TPSA) is 114 Å². The van der Waals surface area contributed by atoms with Crippen molar-refractivity contribution in [3.05, 3.63) is 33.4 Å². The van der Waals surface area contributed by atoms with Crippen LogP contribution >= 0.6 is 11.8 Å². The number of ether oxygens (including phenoxy) is 1. The van der Waals surface area contributed by atoms with Crippen molar-refractivity contribution < 1.29 is 22.7 Å². The molecule has 0 aliphatic carbocycles. The molecule has 0 aliphatic rings. The highest BCUT2D eigenvalue weighted by Crippen LogP contribution is 2.36. The summed E-state index contributed by atoms with van der Waals surface area (Å²) in [6.07, 6.45) is -4.95. The minimum Gasteiger partial charge on any atom is -0.462 e. The third-order valence-corrected chi connectivity index (χ3v) is 4.22. The fourth-order valence-corrected chi connectivity index (χ4v) is 3.15. The first-order chi connectivity index (χ1) is 12.6. The number of carbonyl (C=O) groups excluding carboxylic acids is 1. The van der Waals surface area contributed by atoms with Crippen LogP contribution in [0.2, 0.25) is 0 Å². The minimum atomic E-state index is -4.95. The maximum Gasteiger partial charge on any atom is 0.434 e. The molecule has 2 aromatic rings. The Morgan fingerprint density at radius 3 is 2.67 bits per heavy atom. The molecule has 1 N–H and O–H groups in total. The Labute approximate surface area is 155 Å². The molecule has 0 unspecified atom stereocenters. The molecule has 144 valence electrons. The van der Waals surface area contributed by atoms with Crippen LogP contribution in [0.25, 0.3) is 0 Å². The summed E-state index contributed by atoms with van der Waals surface area (Å²) in [5.74, 6) is -1.23. The Kier molecular flexibility index (Phi) is 5.94. The van der Waals surface area contributed by atoms with Crippen molar-refractivity contribution in [2.45, 2.75) is 43.2 Å². The molecule has 0 radical (unpaired) electrons. The van der Waals surface area contributed by atoms with Gasteiger partial charge in [0.05, 0.1) is 17.7 Å². The number of nitrogens with zero attached hydrogens (tertiary/aromatic N) is 4. The normalized spacial score (nSPS) is 11.5. The average Bonchev–Trinajstić information content (AvgIpc) is 2.94. The SMILES string of the molecule is CCOC(=O)c1cc(C#N)c(Sc2n[nH]c(=O)n2C(C)C)nc1C(F)(F)F. The third-order valence-electron chi connectivity index (χ3n) is 3.25. The third kappa shape index (κ3) is 4.30. The molecule has 12 heteroatoms. The number of alkyl halides is 3. The summed E-state index contributed by atoms with van der Waals surface area (Å²) in [4.78, 5) is 27.1. The molecule has 0 amide bonds. The highest BCUT2D eigenvalue weighted by atomic mass is 32.2. The summed E-state index contributed by atoms with van der Waals surface area (Å²) in [5.41, 5.74) is -3.16. The number of esters is 1. The highest BCUT2D eigenvalue weighted by Gasteiger charge is 2.39. The van der Waals surface area contributed by atoms with Crippen LogP contribution in [0.15, 0.2) is 21.0 Å². The first-order valence-corrected chi connectivity index (χ1v) is 8.46. The zero-order valence-corrected chi connectivity index (χ0v) is 15.2. The van der Waals surface area contributed by atoms with Crippen LogP contribution in [-0.4, -0.2) is 32.3 Å². The van der Waals surface area contributed by atoms with E-state index < -0.39 is 29.1 Å². The van der Waals surface area contributed by atoms with E-state index in [4.69, 9.17) is 0 Å². The van der Waals surface area contributed by atoms with Crippen molar-refractivity contribution in [3.8, 4) is 6.07 Å². The second-order valence-electron chi connectivity index (χ2n) is 5.44. The molecule has 0 spiro atoms. The monoisotopic (exact) mass is 401 g/mol. The number of hydrogen-bond donors (Lipinski definition) is 1. The quantitative estimate of drug-likeness (QED) is 0.766. The number of rotatable bonds is 5. The number of aromatic amines is 1. The van der Waals surface area contributed by atoms with Gasteiger partial charge in [0.25, 0.3) is 0 Å². The largest absolute Gasteiger partial charge is 0.462 e. The summed E-state index contributed by atoms with van der Waals surface area (Å²) >= 11 is 0.614. The molecule has 2 heterocycles. The minimum absolute atomic E-state index is 0.0380. The van der Waals surface area contributed by atoms with Crippen molar-refractivity contribution in [1.82, 2.24) is 19.7 Å². The standard InChI is InChI=1S/C15H14F3N5O3S/c1-4-26-12(24)9-5-8(6-19)11(20-10(9)15(16,17)18)27-14-22-21-13(25)23(14)7(2)3/h5,7H,4H2,1-3H3,(H,21,25). The smallest absolute Gasteiger partial charge is 0.434 e. The van der Waals surface area contributed by atoms with Crippen molar-refractivity contribution in [2.75, 3.05) is 6.61 Å². The molecule has 0 aromatic carbocycles. The van der Waals surface area contributed by atoms with Gasteiger partial charge in [0.1, 0.15) is 11.1 Å². The van der Waals surface area contributed by atoms with Crippen LogP contribution in [-0.2, 0) is 10.9 Å². The number of nitriles is 1. The Bertz CT molecular complexity index is 959. The van der Waals surface area contributed by atoms with Gasteiger partial charge < -0.3 is 4.74 Å². The molecule has 0 aliphatic heterocycles. The van der Waals surface area contributed by atoms with E-state index in [2.05, 4.69) is 19.9 Å². The number of halogens is 3. The van der Waals surface area contributed by atoms with Gasteiger partial charge in [-0.2, -0.15) is 18.4 Å². The van der Waals surface area contributed by atoms with Crippen LogP contribution in [0.3, 0.4) is 0 Å². The second-order valence-corrected chi connectivity index (χ2v) is 6.40. The lowest BCUT2D eigenvalue weighted by molar-refractivity contribution is -0.142. The van der Waals surface area contributed by atoms with E-state index in [1.807, 2.05) is 0 Å². The van der Waals surface area contributed by atoms with Gasteiger partial charge >= 0.3 is 17.8 Å². The van der Waals surface area contributed by atoms with Crippen LogP contribution in [0.4, 0.5) is 13.2 Å². The van der Waals surface area contributed by atoms with Gasteiger partial charge in [-0.3, -0.25) is 4.57 Å². The molecule has 2 aromatic heterocycles. The molecule has 0 atom stereocenters. The van der Waals surface area contributed by atoms with E-state index in [-0.39, 0.29) is 28.4 Å². The van der Waals surface area contributed by atoms with Gasteiger partial charge in [0, 0.05) is 6.04 Å². The number of hydrogen-bond acceptors (Lipinski definition) is 7. The zero-order valence-electron chi connectivity index (χ0n) is 14.4. The first-order valence-electron chi connectivity index (χ1n) is 7.64. The van der Waals surface area contributed by atoms with E-state index >= 15 is 0 Å². The van der Waals surface area contributed by atoms with Gasteiger partial charge in [0.15, 0.2) is 10.9 Å². The van der Waals surface area contributed by atoms with Crippen molar-refractivity contribution in [1.29, 1.82) is 5.26 Å². The number of carbonyl (C=O) groups is 1. The lowest BCUT2D eigenvalue weighted by atomic mass is 10.1. The number of aromatic nitrogens is 4. The summed E-state index contributed by atoms with van der Waals surface area (Å²) in [5, 5.41) is 14.9. The molecular formula is C15H14F3N5O3S. The van der Waals surface area contributed by atoms with E-state index in [1.54, 1.807) is 19.9 Å². The van der Waals surface area contributed by atoms with Crippen LogP contribution in [0, 0.1) is 11.3 Å². The summed E-state index contributed by atoms with van der Waals surface area (Å²) in [7, 11) is 0. The summed E-state index contributed by atoms with van der Waals surface area (Å²) in [6.45, 7) is 4.68. The summed E-state index contributed by atoms with van der Waals surface area (Å²) in [6, 6.07) is 2.15. The molecule has 0 saturated heterocycles. The lowest BCUT2D eigenvalue weighted by Gasteiger charge is -2.14. The lowest BCUT2D eigenvalue weighted by Crippen LogP contribution is -2.20. The Morgan fingerprint density at radius 1 is 1.48 bits per heavy atom. The van der Waals surface area contributed by atoms with Gasteiger partial charge in [0.2, 0.25) is 0 Å².